The van der Waals surface area contributed by atoms with E-state index < -0.39 is 10.1 Å². The molecule has 1 aromatic carbocycles. The maximum atomic E-state index is 10.8. The molecule has 0 bridgehead atoms. The predicted octanol–water partition coefficient (Wildman–Crippen LogP) is 2.73. The van der Waals surface area contributed by atoms with E-state index in [-0.39, 0.29) is 6.61 Å². The summed E-state index contributed by atoms with van der Waals surface area (Å²) in [6.07, 6.45) is 1.70. The van der Waals surface area contributed by atoms with E-state index in [2.05, 4.69) is 31.2 Å². The molecule has 0 atom stereocenters. The van der Waals surface area contributed by atoms with Crippen LogP contribution in [0.5, 0.6) is 0 Å². The van der Waals surface area contributed by atoms with Crippen LogP contribution in [0, 0.1) is 6.92 Å². The molecule has 2 aromatic rings. The van der Waals surface area contributed by atoms with Crippen LogP contribution >= 0.6 is 11.3 Å². The summed E-state index contributed by atoms with van der Waals surface area (Å²) in [4.78, 5) is 1.15. The Labute approximate surface area is 105 Å². The van der Waals surface area contributed by atoms with Gasteiger partial charge in [-0.2, -0.15) is 8.42 Å². The third-order valence-electron chi connectivity index (χ3n) is 2.37. The van der Waals surface area contributed by atoms with E-state index in [4.69, 9.17) is 4.18 Å². The predicted molar refractivity (Wildman–Crippen MR) is 71.1 cm³/mol. The first-order valence-corrected chi connectivity index (χ1v) is 7.91. The SMILES string of the molecule is Cc1ccc2cc(CCOS(C)(=O)=O)sc2c1. The standard InChI is InChI=1S/C12H14O3S2/c1-9-3-4-10-8-11(16-12(10)7-9)5-6-15-17(2,13)14/h3-4,7-8H,5-6H2,1-2H3. The molecule has 0 aliphatic carbocycles. The highest BCUT2D eigenvalue weighted by Crippen LogP contribution is 2.26. The van der Waals surface area contributed by atoms with Crippen LogP contribution in [0.15, 0.2) is 24.3 Å². The molecule has 0 radical (unpaired) electrons. The Morgan fingerprint density at radius 2 is 2.06 bits per heavy atom. The van der Waals surface area contributed by atoms with E-state index in [9.17, 15) is 8.42 Å². The molecule has 0 aliphatic heterocycles. The quantitative estimate of drug-likeness (QED) is 0.802. The van der Waals surface area contributed by atoms with E-state index in [1.807, 2.05) is 0 Å². The second kappa shape index (κ2) is 4.76. The highest BCUT2D eigenvalue weighted by atomic mass is 32.2. The van der Waals surface area contributed by atoms with Gasteiger partial charge in [0, 0.05) is 16.0 Å². The summed E-state index contributed by atoms with van der Waals surface area (Å²) in [6, 6.07) is 8.39. The number of fused-ring (bicyclic) bond motifs is 1. The second-order valence-corrected chi connectivity index (χ2v) is 6.84. The Kier molecular flexibility index (Phi) is 3.51. The van der Waals surface area contributed by atoms with Crippen molar-refractivity contribution in [2.75, 3.05) is 12.9 Å². The molecule has 1 heterocycles. The lowest BCUT2D eigenvalue weighted by Gasteiger charge is -1.98. The third-order valence-corrected chi connectivity index (χ3v) is 4.12. The number of hydrogen-bond acceptors (Lipinski definition) is 4. The van der Waals surface area contributed by atoms with Crippen molar-refractivity contribution < 1.29 is 12.6 Å². The molecule has 17 heavy (non-hydrogen) atoms. The largest absolute Gasteiger partial charge is 0.270 e. The molecular formula is C12H14O3S2. The molecule has 0 saturated carbocycles. The summed E-state index contributed by atoms with van der Waals surface area (Å²) >= 11 is 1.69. The molecule has 0 N–H and O–H groups in total. The smallest absolute Gasteiger partial charge is 0.264 e. The molecule has 2 rings (SSSR count). The zero-order chi connectivity index (χ0) is 12.5. The van der Waals surface area contributed by atoms with Gasteiger partial charge >= 0.3 is 0 Å². The zero-order valence-corrected chi connectivity index (χ0v) is 11.4. The molecule has 3 nitrogen and oxygen atoms in total. The van der Waals surface area contributed by atoms with Gasteiger partial charge in [0.1, 0.15) is 0 Å². The third kappa shape index (κ3) is 3.52. The maximum absolute atomic E-state index is 10.8. The molecule has 1 aromatic heterocycles. The van der Waals surface area contributed by atoms with Gasteiger partial charge in [-0.1, -0.05) is 12.1 Å². The van der Waals surface area contributed by atoms with Crippen LogP contribution in [0.25, 0.3) is 10.1 Å². The van der Waals surface area contributed by atoms with Gasteiger partial charge in [-0.25, -0.2) is 0 Å². The van der Waals surface area contributed by atoms with Crippen LogP contribution in [0.1, 0.15) is 10.4 Å². The molecule has 0 amide bonds. The summed E-state index contributed by atoms with van der Waals surface area (Å²) in [5.74, 6) is 0. The van der Waals surface area contributed by atoms with Gasteiger partial charge in [0.15, 0.2) is 0 Å². The minimum atomic E-state index is -3.33. The van der Waals surface area contributed by atoms with E-state index in [0.717, 1.165) is 11.1 Å². The lowest BCUT2D eigenvalue weighted by atomic mass is 10.2. The highest BCUT2D eigenvalue weighted by molar-refractivity contribution is 7.85. The van der Waals surface area contributed by atoms with Crippen LogP contribution in [-0.4, -0.2) is 21.3 Å². The number of rotatable bonds is 4. The van der Waals surface area contributed by atoms with E-state index in [1.54, 1.807) is 11.3 Å². The van der Waals surface area contributed by atoms with Crippen LogP contribution in [0.4, 0.5) is 0 Å². The first kappa shape index (κ1) is 12.5. The van der Waals surface area contributed by atoms with E-state index in [0.29, 0.717) is 6.42 Å². The van der Waals surface area contributed by atoms with Gasteiger partial charge in [-0.3, -0.25) is 4.18 Å². The molecule has 0 spiro atoms. The number of hydrogen-bond donors (Lipinski definition) is 0. The Balaban J connectivity index is 2.09. The fourth-order valence-electron chi connectivity index (χ4n) is 1.61. The average molecular weight is 270 g/mol. The van der Waals surface area contributed by atoms with Crippen molar-refractivity contribution in [3.63, 3.8) is 0 Å². The summed E-state index contributed by atoms with van der Waals surface area (Å²) < 4.78 is 27.6. The fraction of sp³-hybridized carbons (Fsp3) is 0.333. The van der Waals surface area contributed by atoms with Crippen molar-refractivity contribution in [3.8, 4) is 0 Å². The molecule has 0 aliphatic rings. The molecule has 0 saturated heterocycles. The lowest BCUT2D eigenvalue weighted by molar-refractivity contribution is 0.327. The zero-order valence-electron chi connectivity index (χ0n) is 9.76. The normalized spacial score (nSPS) is 12.1. The average Bonchev–Trinajstić information content (AvgIpc) is 2.57. The minimum Gasteiger partial charge on any atom is -0.270 e. The molecule has 0 unspecified atom stereocenters. The fourth-order valence-corrected chi connectivity index (χ4v) is 3.14. The lowest BCUT2D eigenvalue weighted by Crippen LogP contribution is -2.05. The van der Waals surface area contributed by atoms with Gasteiger partial charge in [-0.05, 0) is 30.0 Å². The highest BCUT2D eigenvalue weighted by Gasteiger charge is 2.05. The second-order valence-electron chi connectivity index (χ2n) is 4.03. The van der Waals surface area contributed by atoms with Gasteiger partial charge in [0.05, 0.1) is 12.9 Å². The minimum absolute atomic E-state index is 0.213. The summed E-state index contributed by atoms with van der Waals surface area (Å²) in [5.41, 5.74) is 1.23. The Hall–Kier alpha value is -0.910. The maximum Gasteiger partial charge on any atom is 0.264 e. The van der Waals surface area contributed by atoms with Crippen molar-refractivity contribution in [2.45, 2.75) is 13.3 Å². The van der Waals surface area contributed by atoms with Crippen molar-refractivity contribution >= 4 is 31.5 Å². The van der Waals surface area contributed by atoms with Gasteiger partial charge in [-0.15, -0.1) is 11.3 Å². The van der Waals surface area contributed by atoms with Crippen LogP contribution < -0.4 is 0 Å². The van der Waals surface area contributed by atoms with E-state index >= 15 is 0 Å². The first-order chi connectivity index (χ1) is 7.94. The van der Waals surface area contributed by atoms with E-state index in [1.165, 1.54) is 15.6 Å². The summed E-state index contributed by atoms with van der Waals surface area (Å²) in [5, 5.41) is 1.20. The molecule has 5 heteroatoms. The topological polar surface area (TPSA) is 43.4 Å². The summed E-state index contributed by atoms with van der Waals surface area (Å²) in [6.45, 7) is 2.27. The Morgan fingerprint density at radius 1 is 1.29 bits per heavy atom. The van der Waals surface area contributed by atoms with Crippen LogP contribution in [0.3, 0.4) is 0 Å². The van der Waals surface area contributed by atoms with Gasteiger partial charge in [0.25, 0.3) is 10.1 Å². The number of thiophene rings is 1. The van der Waals surface area contributed by atoms with Crippen LogP contribution in [-0.2, 0) is 20.7 Å². The van der Waals surface area contributed by atoms with Crippen molar-refractivity contribution in [3.05, 3.63) is 34.7 Å². The Morgan fingerprint density at radius 3 is 2.76 bits per heavy atom. The monoisotopic (exact) mass is 270 g/mol. The summed E-state index contributed by atoms with van der Waals surface area (Å²) in [7, 11) is -3.33. The molecular weight excluding hydrogens is 256 g/mol. The van der Waals surface area contributed by atoms with Gasteiger partial charge < -0.3 is 0 Å². The number of aryl methyl sites for hydroxylation is 1. The first-order valence-electron chi connectivity index (χ1n) is 5.27. The van der Waals surface area contributed by atoms with Crippen LogP contribution in [0.2, 0.25) is 0 Å². The molecule has 0 fully saturated rings. The Bertz CT molecular complexity index is 626. The van der Waals surface area contributed by atoms with Gasteiger partial charge in [0.2, 0.25) is 0 Å². The van der Waals surface area contributed by atoms with Crippen molar-refractivity contribution in [1.82, 2.24) is 0 Å². The van der Waals surface area contributed by atoms with Crippen molar-refractivity contribution in [1.29, 1.82) is 0 Å². The van der Waals surface area contributed by atoms with Crippen molar-refractivity contribution in [2.24, 2.45) is 0 Å². The number of benzene rings is 1. The molecule has 92 valence electrons.